The highest BCUT2D eigenvalue weighted by molar-refractivity contribution is 5.28. The average molecular weight is 272 g/mol. The molecule has 20 heavy (non-hydrogen) atoms. The summed E-state index contributed by atoms with van der Waals surface area (Å²) in [5.41, 5.74) is 2.03. The minimum Gasteiger partial charge on any atom is -0.497 e. The van der Waals surface area contributed by atoms with Crippen molar-refractivity contribution in [3.8, 4) is 5.75 Å². The fourth-order valence-corrected chi connectivity index (χ4v) is 2.00. The van der Waals surface area contributed by atoms with Gasteiger partial charge in [-0.3, -0.25) is 4.98 Å². The molecule has 1 unspecified atom stereocenters. The second-order valence-corrected chi connectivity index (χ2v) is 4.70. The van der Waals surface area contributed by atoms with Crippen LogP contribution < -0.4 is 10.1 Å². The molecule has 2 atom stereocenters. The maximum atomic E-state index is 10.2. The van der Waals surface area contributed by atoms with Crippen molar-refractivity contribution in [3.63, 3.8) is 0 Å². The molecule has 1 aromatic carbocycles. The van der Waals surface area contributed by atoms with Gasteiger partial charge in [0.1, 0.15) is 5.75 Å². The Labute approximate surface area is 119 Å². The number of benzene rings is 1. The number of ether oxygens (including phenoxy) is 1. The van der Waals surface area contributed by atoms with E-state index in [2.05, 4.69) is 17.2 Å². The average Bonchev–Trinajstić information content (AvgIpc) is 2.53. The van der Waals surface area contributed by atoms with E-state index >= 15 is 0 Å². The van der Waals surface area contributed by atoms with Crippen LogP contribution in [-0.4, -0.2) is 23.7 Å². The molecule has 0 radical (unpaired) electrons. The molecule has 4 nitrogen and oxygen atoms in total. The highest BCUT2D eigenvalue weighted by atomic mass is 16.5. The van der Waals surface area contributed by atoms with Gasteiger partial charge in [-0.2, -0.15) is 0 Å². The summed E-state index contributed by atoms with van der Waals surface area (Å²) in [6.07, 6.45) is 3.01. The summed E-state index contributed by atoms with van der Waals surface area (Å²) in [5.74, 6) is 0.791. The van der Waals surface area contributed by atoms with Gasteiger partial charge >= 0.3 is 0 Å². The Hall–Kier alpha value is -1.91. The van der Waals surface area contributed by atoms with Crippen LogP contribution in [0.5, 0.6) is 5.75 Å². The number of aliphatic hydroxyl groups excluding tert-OH is 1. The van der Waals surface area contributed by atoms with Crippen molar-refractivity contribution in [3.05, 3.63) is 59.9 Å². The number of aliphatic hydroxyl groups is 1. The largest absolute Gasteiger partial charge is 0.497 e. The molecule has 0 aliphatic heterocycles. The molecule has 0 fully saturated rings. The normalized spacial score (nSPS) is 13.8. The lowest BCUT2D eigenvalue weighted by Gasteiger charge is -2.17. The Morgan fingerprint density at radius 3 is 2.35 bits per heavy atom. The van der Waals surface area contributed by atoms with Gasteiger partial charge in [0.2, 0.25) is 0 Å². The van der Waals surface area contributed by atoms with Gasteiger partial charge in [-0.15, -0.1) is 0 Å². The van der Waals surface area contributed by atoms with Crippen LogP contribution in [0, 0.1) is 0 Å². The van der Waals surface area contributed by atoms with Crippen LogP contribution in [-0.2, 0) is 0 Å². The molecule has 2 aromatic rings. The first-order valence-electron chi connectivity index (χ1n) is 6.66. The van der Waals surface area contributed by atoms with Crippen LogP contribution in [0.2, 0.25) is 0 Å². The molecule has 0 spiro atoms. The summed E-state index contributed by atoms with van der Waals surface area (Å²) in [6.45, 7) is 2.56. The van der Waals surface area contributed by atoms with Gasteiger partial charge in [0.05, 0.1) is 13.2 Å². The second kappa shape index (κ2) is 7.03. The fourth-order valence-electron chi connectivity index (χ4n) is 2.00. The van der Waals surface area contributed by atoms with Gasteiger partial charge in [-0.25, -0.2) is 0 Å². The van der Waals surface area contributed by atoms with Gasteiger partial charge in [0, 0.05) is 25.0 Å². The number of hydrogen-bond donors (Lipinski definition) is 2. The molecular weight excluding hydrogens is 252 g/mol. The SMILES string of the molecule is COc1ccc(C(O)CN[C@@H](C)c2ccncc2)cc1. The van der Waals surface area contributed by atoms with Crippen LogP contribution in [0.1, 0.15) is 30.2 Å². The number of nitrogens with one attached hydrogen (secondary N) is 1. The molecule has 1 aromatic heterocycles. The van der Waals surface area contributed by atoms with Gasteiger partial charge in [0.15, 0.2) is 0 Å². The Morgan fingerprint density at radius 2 is 1.75 bits per heavy atom. The zero-order chi connectivity index (χ0) is 14.4. The van der Waals surface area contributed by atoms with Crippen LogP contribution in [0.3, 0.4) is 0 Å². The van der Waals surface area contributed by atoms with Gasteiger partial charge < -0.3 is 15.2 Å². The van der Waals surface area contributed by atoms with E-state index in [1.165, 1.54) is 0 Å². The van der Waals surface area contributed by atoms with Gasteiger partial charge in [-0.05, 0) is 42.3 Å². The molecule has 2 N–H and O–H groups in total. The highest BCUT2D eigenvalue weighted by Crippen LogP contribution is 2.18. The standard InChI is InChI=1S/C16H20N2O2/c1-12(13-7-9-17-10-8-13)18-11-16(19)14-3-5-15(20-2)6-4-14/h3-10,12,16,18-19H,11H2,1-2H3/t12-,16?/m0/s1. The van der Waals surface area contributed by atoms with Gasteiger partial charge in [0.25, 0.3) is 0 Å². The Bertz CT molecular complexity index is 514. The predicted molar refractivity (Wildman–Crippen MR) is 78.6 cm³/mol. The minimum atomic E-state index is -0.537. The lowest BCUT2D eigenvalue weighted by atomic mass is 10.1. The van der Waals surface area contributed by atoms with Gasteiger partial charge in [-0.1, -0.05) is 12.1 Å². The Morgan fingerprint density at radius 1 is 1.10 bits per heavy atom. The maximum Gasteiger partial charge on any atom is 0.118 e. The Balaban J connectivity index is 1.89. The van der Waals surface area contributed by atoms with Crippen molar-refractivity contribution < 1.29 is 9.84 Å². The first-order valence-corrected chi connectivity index (χ1v) is 6.66. The first-order chi connectivity index (χ1) is 9.70. The molecule has 0 amide bonds. The number of rotatable bonds is 6. The summed E-state index contributed by atoms with van der Waals surface area (Å²) < 4.78 is 5.10. The topological polar surface area (TPSA) is 54.4 Å². The molecule has 1 heterocycles. The summed E-state index contributed by atoms with van der Waals surface area (Å²) in [7, 11) is 1.63. The molecule has 0 saturated heterocycles. The molecule has 0 aliphatic carbocycles. The molecule has 0 aliphatic rings. The number of pyridine rings is 1. The summed E-state index contributed by atoms with van der Waals surface area (Å²) in [4.78, 5) is 4.00. The third kappa shape index (κ3) is 3.79. The van der Waals surface area contributed by atoms with Crippen LogP contribution in [0.4, 0.5) is 0 Å². The van der Waals surface area contributed by atoms with Crippen LogP contribution >= 0.6 is 0 Å². The number of methoxy groups -OCH3 is 1. The quantitative estimate of drug-likeness (QED) is 0.848. The van der Waals surface area contributed by atoms with Crippen LogP contribution in [0.15, 0.2) is 48.8 Å². The van der Waals surface area contributed by atoms with Crippen molar-refractivity contribution in [2.45, 2.75) is 19.1 Å². The van der Waals surface area contributed by atoms with E-state index in [0.29, 0.717) is 6.54 Å². The van der Waals surface area contributed by atoms with Crippen LogP contribution in [0.25, 0.3) is 0 Å². The Kier molecular flexibility index (Phi) is 5.09. The smallest absolute Gasteiger partial charge is 0.118 e. The summed E-state index contributed by atoms with van der Waals surface area (Å²) in [5, 5.41) is 13.5. The monoisotopic (exact) mass is 272 g/mol. The van der Waals surface area contributed by atoms with Crippen molar-refractivity contribution >= 4 is 0 Å². The first kappa shape index (κ1) is 14.5. The zero-order valence-corrected chi connectivity index (χ0v) is 11.8. The number of hydrogen-bond acceptors (Lipinski definition) is 4. The molecule has 0 bridgehead atoms. The van der Waals surface area contributed by atoms with Crippen molar-refractivity contribution in [1.29, 1.82) is 0 Å². The lowest BCUT2D eigenvalue weighted by molar-refractivity contribution is 0.170. The zero-order valence-electron chi connectivity index (χ0n) is 11.8. The summed E-state index contributed by atoms with van der Waals surface area (Å²) >= 11 is 0. The van der Waals surface area contributed by atoms with E-state index in [9.17, 15) is 5.11 Å². The maximum absolute atomic E-state index is 10.2. The molecule has 2 rings (SSSR count). The third-order valence-corrected chi connectivity index (χ3v) is 3.32. The lowest BCUT2D eigenvalue weighted by Crippen LogP contribution is -2.24. The second-order valence-electron chi connectivity index (χ2n) is 4.70. The molecular formula is C16H20N2O2. The highest BCUT2D eigenvalue weighted by Gasteiger charge is 2.10. The van der Waals surface area contributed by atoms with Crippen molar-refractivity contribution in [2.75, 3.05) is 13.7 Å². The minimum absolute atomic E-state index is 0.172. The van der Waals surface area contributed by atoms with E-state index in [-0.39, 0.29) is 6.04 Å². The van der Waals surface area contributed by atoms with Crippen molar-refractivity contribution in [2.24, 2.45) is 0 Å². The number of aromatic nitrogens is 1. The fraction of sp³-hybridized carbons (Fsp3) is 0.312. The van der Waals surface area contributed by atoms with E-state index < -0.39 is 6.10 Å². The number of nitrogens with zero attached hydrogens (tertiary/aromatic N) is 1. The summed E-state index contributed by atoms with van der Waals surface area (Å²) in [6, 6.07) is 11.6. The predicted octanol–water partition coefficient (Wildman–Crippen LogP) is 2.47. The third-order valence-electron chi connectivity index (χ3n) is 3.32. The molecule has 0 saturated carbocycles. The van der Waals surface area contributed by atoms with E-state index in [1.54, 1.807) is 19.5 Å². The van der Waals surface area contributed by atoms with E-state index in [0.717, 1.165) is 16.9 Å². The molecule has 106 valence electrons. The molecule has 4 heteroatoms. The van der Waals surface area contributed by atoms with Crippen molar-refractivity contribution in [1.82, 2.24) is 10.3 Å². The van der Waals surface area contributed by atoms with E-state index in [1.807, 2.05) is 36.4 Å². The van der Waals surface area contributed by atoms with E-state index in [4.69, 9.17) is 4.74 Å².